The van der Waals surface area contributed by atoms with Crippen LogP contribution < -0.4 is 0 Å². The Morgan fingerprint density at radius 1 is 1.00 bits per heavy atom. The summed E-state index contributed by atoms with van der Waals surface area (Å²) in [4.78, 5) is 54.1. The van der Waals surface area contributed by atoms with E-state index in [1.807, 2.05) is 18.2 Å². The summed E-state index contributed by atoms with van der Waals surface area (Å²) in [7, 11) is 0. The van der Waals surface area contributed by atoms with Gasteiger partial charge in [-0.05, 0) is 25.8 Å². The fourth-order valence-electron chi connectivity index (χ4n) is 4.45. The molecule has 0 aliphatic carbocycles. The van der Waals surface area contributed by atoms with E-state index < -0.39 is 11.7 Å². The number of piperidine rings is 1. The summed E-state index contributed by atoms with van der Waals surface area (Å²) in [5.74, 6) is -1.72. The third-order valence-electron chi connectivity index (χ3n) is 6.30. The van der Waals surface area contributed by atoms with E-state index in [1.54, 1.807) is 28.7 Å². The van der Waals surface area contributed by atoms with Crippen LogP contribution in [0.15, 0.2) is 30.5 Å². The SMILES string of the molecule is CCOC(=O)C1CCN(C(=O)C(=O)c2cn(CC(=O)N3CCOCC3)c3ccccc23)CC1. The molecule has 0 radical (unpaired) electrons. The van der Waals surface area contributed by atoms with Crippen molar-refractivity contribution < 1.29 is 28.7 Å². The van der Waals surface area contributed by atoms with Crippen LogP contribution in [0.3, 0.4) is 0 Å². The van der Waals surface area contributed by atoms with E-state index in [2.05, 4.69) is 0 Å². The lowest BCUT2D eigenvalue weighted by atomic mass is 9.96. The molecule has 4 rings (SSSR count). The molecule has 9 heteroatoms. The van der Waals surface area contributed by atoms with Gasteiger partial charge in [0.25, 0.3) is 11.7 Å². The van der Waals surface area contributed by atoms with Gasteiger partial charge in [-0.3, -0.25) is 19.2 Å². The molecule has 2 amide bonds. The number of amides is 2. The summed E-state index contributed by atoms with van der Waals surface area (Å²) in [6.45, 7) is 4.98. The predicted octanol–water partition coefficient (Wildman–Crippen LogP) is 1.48. The van der Waals surface area contributed by atoms with Gasteiger partial charge in [0.2, 0.25) is 5.91 Å². The van der Waals surface area contributed by atoms with Crippen molar-refractivity contribution in [3.63, 3.8) is 0 Å². The van der Waals surface area contributed by atoms with Gasteiger partial charge in [-0.25, -0.2) is 0 Å². The first-order chi connectivity index (χ1) is 16.0. The van der Waals surface area contributed by atoms with Crippen LogP contribution in [0.25, 0.3) is 10.9 Å². The lowest BCUT2D eigenvalue weighted by molar-refractivity contribution is -0.150. The number of rotatable bonds is 6. The summed E-state index contributed by atoms with van der Waals surface area (Å²) < 4.78 is 12.1. The highest BCUT2D eigenvalue weighted by Crippen LogP contribution is 2.24. The van der Waals surface area contributed by atoms with E-state index in [0.29, 0.717) is 64.2 Å². The Kier molecular flexibility index (Phi) is 7.08. The second-order valence-corrected chi connectivity index (χ2v) is 8.33. The van der Waals surface area contributed by atoms with Crippen LogP contribution in [0.5, 0.6) is 0 Å². The van der Waals surface area contributed by atoms with Crippen LogP contribution in [0.1, 0.15) is 30.1 Å². The minimum atomic E-state index is -0.599. The molecule has 176 valence electrons. The Morgan fingerprint density at radius 3 is 2.39 bits per heavy atom. The van der Waals surface area contributed by atoms with E-state index in [1.165, 1.54) is 4.90 Å². The number of para-hydroxylation sites is 1. The number of Topliss-reactive ketones (excluding diaryl/α,β-unsaturated/α-hetero) is 1. The zero-order valence-corrected chi connectivity index (χ0v) is 18.8. The standard InChI is InChI=1S/C24H29N3O6/c1-2-33-24(31)17-7-9-26(10-8-17)23(30)22(29)19-15-27(20-6-4-3-5-18(19)20)16-21(28)25-11-13-32-14-12-25/h3-6,15,17H,2,7-14,16H2,1H3. The van der Waals surface area contributed by atoms with Gasteiger partial charge >= 0.3 is 5.97 Å². The smallest absolute Gasteiger partial charge is 0.309 e. The number of hydrogen-bond acceptors (Lipinski definition) is 6. The lowest BCUT2D eigenvalue weighted by Gasteiger charge is -2.30. The highest BCUT2D eigenvalue weighted by atomic mass is 16.5. The molecular weight excluding hydrogens is 426 g/mol. The molecule has 0 unspecified atom stereocenters. The van der Waals surface area contributed by atoms with Gasteiger partial charge in [0.05, 0.1) is 31.3 Å². The molecule has 2 aromatic rings. The number of esters is 1. The number of hydrogen-bond donors (Lipinski definition) is 0. The van der Waals surface area contributed by atoms with E-state index in [4.69, 9.17) is 9.47 Å². The maximum Gasteiger partial charge on any atom is 0.309 e. The van der Waals surface area contributed by atoms with Crippen LogP contribution in [-0.2, 0) is 30.4 Å². The van der Waals surface area contributed by atoms with Crippen molar-refractivity contribution in [1.29, 1.82) is 0 Å². The summed E-state index contributed by atoms with van der Waals surface area (Å²) in [5.41, 5.74) is 1.02. The lowest BCUT2D eigenvalue weighted by Crippen LogP contribution is -2.43. The van der Waals surface area contributed by atoms with Gasteiger partial charge in [-0.15, -0.1) is 0 Å². The van der Waals surface area contributed by atoms with Gasteiger partial charge < -0.3 is 23.8 Å². The Morgan fingerprint density at radius 2 is 1.70 bits per heavy atom. The number of carbonyl (C=O) groups excluding carboxylic acids is 4. The van der Waals surface area contributed by atoms with Crippen molar-refractivity contribution in [1.82, 2.24) is 14.4 Å². The van der Waals surface area contributed by atoms with Crippen molar-refractivity contribution in [2.45, 2.75) is 26.3 Å². The first-order valence-electron chi connectivity index (χ1n) is 11.4. The van der Waals surface area contributed by atoms with Gasteiger partial charge in [-0.1, -0.05) is 18.2 Å². The topological polar surface area (TPSA) is 98.2 Å². The zero-order valence-electron chi connectivity index (χ0n) is 18.8. The Balaban J connectivity index is 1.48. The van der Waals surface area contributed by atoms with Crippen LogP contribution in [0.4, 0.5) is 0 Å². The number of carbonyl (C=O) groups is 4. The summed E-state index contributed by atoms with van der Waals surface area (Å²) >= 11 is 0. The van der Waals surface area contributed by atoms with Crippen molar-refractivity contribution in [2.24, 2.45) is 5.92 Å². The fourth-order valence-corrected chi connectivity index (χ4v) is 4.45. The molecule has 1 aromatic heterocycles. The van der Waals surface area contributed by atoms with Gasteiger partial charge in [0.15, 0.2) is 0 Å². The van der Waals surface area contributed by atoms with Crippen LogP contribution in [-0.4, -0.2) is 83.9 Å². The number of aromatic nitrogens is 1. The third-order valence-corrected chi connectivity index (χ3v) is 6.30. The monoisotopic (exact) mass is 455 g/mol. The maximum absolute atomic E-state index is 13.2. The van der Waals surface area contributed by atoms with Crippen molar-refractivity contribution in [3.05, 3.63) is 36.0 Å². The molecule has 9 nitrogen and oxygen atoms in total. The second kappa shape index (κ2) is 10.2. The van der Waals surface area contributed by atoms with E-state index in [0.717, 1.165) is 5.52 Å². The van der Waals surface area contributed by atoms with Crippen molar-refractivity contribution in [3.8, 4) is 0 Å². The first kappa shape index (κ1) is 23.0. The molecule has 0 bridgehead atoms. The van der Waals surface area contributed by atoms with E-state index in [-0.39, 0.29) is 29.9 Å². The molecule has 2 saturated heterocycles. The average molecular weight is 456 g/mol. The average Bonchev–Trinajstić information content (AvgIpc) is 3.22. The molecule has 3 heterocycles. The quantitative estimate of drug-likeness (QED) is 0.372. The Hall–Kier alpha value is -3.20. The maximum atomic E-state index is 13.2. The van der Waals surface area contributed by atoms with Crippen molar-refractivity contribution >= 4 is 34.5 Å². The second-order valence-electron chi connectivity index (χ2n) is 8.33. The fraction of sp³-hybridized carbons (Fsp3) is 0.500. The molecule has 33 heavy (non-hydrogen) atoms. The van der Waals surface area contributed by atoms with Crippen LogP contribution in [0, 0.1) is 5.92 Å². The molecule has 0 spiro atoms. The molecular formula is C24H29N3O6. The first-order valence-corrected chi connectivity index (χ1v) is 11.4. The number of benzene rings is 1. The normalized spacial score (nSPS) is 17.2. The summed E-state index contributed by atoms with van der Waals surface area (Å²) in [5, 5.41) is 0.645. The minimum Gasteiger partial charge on any atom is -0.466 e. The van der Waals surface area contributed by atoms with Crippen LogP contribution >= 0.6 is 0 Å². The Labute approximate surface area is 192 Å². The van der Waals surface area contributed by atoms with Gasteiger partial charge in [-0.2, -0.15) is 0 Å². The minimum absolute atomic E-state index is 0.0505. The third kappa shape index (κ3) is 4.93. The number of nitrogens with zero attached hydrogens (tertiary/aromatic N) is 3. The number of likely N-dealkylation sites (tertiary alicyclic amines) is 1. The number of ether oxygens (including phenoxy) is 2. The molecule has 0 saturated carbocycles. The molecule has 2 fully saturated rings. The Bertz CT molecular complexity index is 1050. The number of fused-ring (bicyclic) bond motifs is 1. The molecule has 2 aliphatic heterocycles. The zero-order chi connectivity index (χ0) is 23.4. The molecule has 1 aromatic carbocycles. The molecule has 2 aliphatic rings. The molecule has 0 atom stereocenters. The van der Waals surface area contributed by atoms with E-state index >= 15 is 0 Å². The van der Waals surface area contributed by atoms with Gasteiger partial charge in [0.1, 0.15) is 6.54 Å². The summed E-state index contributed by atoms with van der Waals surface area (Å²) in [6.07, 6.45) is 2.57. The highest BCUT2D eigenvalue weighted by molar-refractivity contribution is 6.44. The number of ketones is 1. The molecule has 0 N–H and O–H groups in total. The summed E-state index contributed by atoms with van der Waals surface area (Å²) in [6, 6.07) is 7.28. The van der Waals surface area contributed by atoms with E-state index in [9.17, 15) is 19.2 Å². The highest BCUT2D eigenvalue weighted by Gasteiger charge is 2.32. The predicted molar refractivity (Wildman–Crippen MR) is 120 cm³/mol. The van der Waals surface area contributed by atoms with Crippen molar-refractivity contribution in [2.75, 3.05) is 46.0 Å². The van der Waals surface area contributed by atoms with Gasteiger partial charge in [0, 0.05) is 43.3 Å². The number of morpholine rings is 1. The largest absolute Gasteiger partial charge is 0.466 e. The van der Waals surface area contributed by atoms with Crippen LogP contribution in [0.2, 0.25) is 0 Å².